The minimum atomic E-state index is -2.94. The number of carbonyl (C=O) groups is 2. The number of ether oxygens (including phenoxy) is 3. The Labute approximate surface area is 123 Å². The van der Waals surface area contributed by atoms with Crippen LogP contribution in [0.2, 0.25) is 0 Å². The van der Waals surface area contributed by atoms with Crippen LogP contribution in [0.3, 0.4) is 0 Å². The molecule has 0 rings (SSSR count). The van der Waals surface area contributed by atoms with E-state index >= 15 is 0 Å². The third-order valence-electron chi connectivity index (χ3n) is 1.92. The fourth-order valence-electron chi connectivity index (χ4n) is 1.18. The van der Waals surface area contributed by atoms with E-state index in [1.54, 1.807) is 20.8 Å². The summed E-state index contributed by atoms with van der Waals surface area (Å²) in [6.45, 7) is 1.61. The van der Waals surface area contributed by atoms with Crippen LogP contribution in [0, 0.1) is 0 Å². The molecule has 1 N–H and O–H groups in total. The van der Waals surface area contributed by atoms with Crippen molar-refractivity contribution in [1.29, 1.82) is 0 Å². The molecule has 21 heavy (non-hydrogen) atoms. The summed E-state index contributed by atoms with van der Waals surface area (Å²) in [5.74, 6) is -0.755. The smallest absolute Gasteiger partial charge is 0.408 e. The van der Waals surface area contributed by atoms with Crippen LogP contribution >= 0.6 is 8.20 Å². The molecular formula is C12H20F2NO5P. The molecule has 0 fully saturated rings. The molecule has 0 radical (unpaired) electrons. The van der Waals surface area contributed by atoms with Gasteiger partial charge in [0.15, 0.2) is 0 Å². The van der Waals surface area contributed by atoms with Gasteiger partial charge in [0.1, 0.15) is 18.0 Å². The second-order valence-corrected chi connectivity index (χ2v) is 5.64. The molecule has 0 aromatic carbocycles. The first kappa shape index (κ1) is 19.7. The van der Waals surface area contributed by atoms with E-state index in [0.717, 1.165) is 0 Å². The highest BCUT2D eigenvalue weighted by molar-refractivity contribution is 7.36. The van der Waals surface area contributed by atoms with Gasteiger partial charge in [0.05, 0.1) is 6.61 Å². The van der Waals surface area contributed by atoms with E-state index in [1.165, 1.54) is 0 Å². The fraction of sp³-hybridized carbons (Fsp3) is 0.750. The quantitative estimate of drug-likeness (QED) is 0.547. The van der Waals surface area contributed by atoms with E-state index < -0.39 is 36.9 Å². The average molecular weight is 327 g/mol. The van der Waals surface area contributed by atoms with Crippen LogP contribution in [0.4, 0.5) is 13.6 Å². The Balaban J connectivity index is 4.52. The first-order valence-corrected chi connectivity index (χ1v) is 7.40. The van der Waals surface area contributed by atoms with Gasteiger partial charge in [-0.15, -0.1) is 0 Å². The normalized spacial score (nSPS) is 13.0. The molecule has 1 amide bonds. The maximum absolute atomic E-state index is 11.9. The van der Waals surface area contributed by atoms with Crippen LogP contribution in [0.5, 0.6) is 0 Å². The number of hydrogen-bond acceptors (Lipinski definition) is 5. The van der Waals surface area contributed by atoms with Gasteiger partial charge in [-0.3, -0.25) is 0 Å². The van der Waals surface area contributed by atoms with Crippen LogP contribution in [0.15, 0.2) is 0 Å². The molecule has 1 unspecified atom stereocenters. The molecule has 122 valence electrons. The summed E-state index contributed by atoms with van der Waals surface area (Å²) in [5, 5.41) is 2.27. The topological polar surface area (TPSA) is 73.9 Å². The highest BCUT2D eigenvalue weighted by atomic mass is 31.1. The third kappa shape index (κ3) is 11.1. The second kappa shape index (κ2) is 9.63. The number of amides is 1. The Bertz CT molecular complexity index is 360. The molecule has 9 heteroatoms. The van der Waals surface area contributed by atoms with Crippen molar-refractivity contribution in [2.75, 3.05) is 13.0 Å². The molecule has 6 nitrogen and oxygen atoms in total. The van der Waals surface area contributed by atoms with E-state index in [0.29, 0.717) is 8.20 Å². The summed E-state index contributed by atoms with van der Waals surface area (Å²) in [6.07, 6.45) is 2.52. The van der Waals surface area contributed by atoms with Gasteiger partial charge in [0, 0.05) is 6.42 Å². The summed E-state index contributed by atoms with van der Waals surface area (Å²) in [7, 11) is 0.579. The largest absolute Gasteiger partial charge is 0.455 e. The van der Waals surface area contributed by atoms with Crippen LogP contribution < -0.4 is 5.32 Å². The van der Waals surface area contributed by atoms with E-state index in [2.05, 4.69) is 16.4 Å². The maximum atomic E-state index is 11.9. The number of halogens is 2. The Morgan fingerprint density at radius 2 is 1.95 bits per heavy atom. The Kier molecular flexibility index (Phi) is 9.05. The summed E-state index contributed by atoms with van der Waals surface area (Å²) < 4.78 is 37.7. The molecule has 1 atom stereocenters. The number of rotatable bonds is 8. The molecular weight excluding hydrogens is 307 g/mol. The lowest BCUT2D eigenvalue weighted by Crippen LogP contribution is -2.44. The number of alkyl carbamates (subject to hydrolysis) is 1. The van der Waals surface area contributed by atoms with Crippen molar-refractivity contribution in [3.8, 4) is 0 Å². The van der Waals surface area contributed by atoms with Crippen LogP contribution in [-0.4, -0.2) is 49.6 Å². The van der Waals surface area contributed by atoms with Crippen molar-refractivity contribution in [2.24, 2.45) is 0 Å². The van der Waals surface area contributed by atoms with Crippen molar-refractivity contribution < 1.29 is 32.6 Å². The van der Waals surface area contributed by atoms with Gasteiger partial charge in [0.25, 0.3) is 0 Å². The number of esters is 1. The second-order valence-electron chi connectivity index (χ2n) is 4.94. The standard InChI is InChI=1S/C12H20F2NO5P/c1-12(2,3)20-11(17)15-8(5-6-18-10(13)14)9(16)19-7-21-4/h8,10H,4-7H2,1-3H3,(H,15,17). The lowest BCUT2D eigenvalue weighted by atomic mass is 10.2. The van der Waals surface area contributed by atoms with Crippen LogP contribution in [0.1, 0.15) is 27.2 Å². The zero-order chi connectivity index (χ0) is 16.5. The summed E-state index contributed by atoms with van der Waals surface area (Å²) in [6, 6.07) is -1.12. The molecule has 0 saturated carbocycles. The van der Waals surface area contributed by atoms with Crippen molar-refractivity contribution in [2.45, 2.75) is 45.4 Å². The summed E-state index contributed by atoms with van der Waals surface area (Å²) in [5.41, 5.74) is -0.746. The van der Waals surface area contributed by atoms with Gasteiger partial charge in [0.2, 0.25) is 0 Å². The Morgan fingerprint density at radius 1 is 1.33 bits per heavy atom. The molecule has 0 heterocycles. The van der Waals surface area contributed by atoms with Gasteiger partial charge in [-0.25, -0.2) is 9.59 Å². The summed E-state index contributed by atoms with van der Waals surface area (Å²) >= 11 is 0. The van der Waals surface area contributed by atoms with Gasteiger partial charge < -0.3 is 19.5 Å². The zero-order valence-electron chi connectivity index (χ0n) is 12.2. The van der Waals surface area contributed by atoms with E-state index in [-0.39, 0.29) is 12.8 Å². The predicted molar refractivity (Wildman–Crippen MR) is 74.7 cm³/mol. The fourth-order valence-corrected chi connectivity index (χ4v) is 1.40. The number of hydrogen-bond donors (Lipinski definition) is 1. The van der Waals surface area contributed by atoms with Gasteiger partial charge in [-0.2, -0.15) is 8.78 Å². The number of carbonyl (C=O) groups excluding carboxylic acids is 2. The highest BCUT2D eigenvalue weighted by Crippen LogP contribution is 2.08. The lowest BCUT2D eigenvalue weighted by Gasteiger charge is -2.22. The molecule has 0 aliphatic carbocycles. The molecule has 0 aromatic heterocycles. The maximum Gasteiger partial charge on any atom is 0.408 e. The molecule has 0 aromatic rings. The number of alkyl halides is 2. The first-order chi connectivity index (χ1) is 9.65. The van der Waals surface area contributed by atoms with Crippen molar-refractivity contribution >= 4 is 26.6 Å². The monoisotopic (exact) mass is 327 g/mol. The minimum absolute atomic E-state index is 0.0427. The molecule has 0 spiro atoms. The number of nitrogens with one attached hydrogen (secondary N) is 1. The van der Waals surface area contributed by atoms with Crippen molar-refractivity contribution in [3.63, 3.8) is 0 Å². The van der Waals surface area contributed by atoms with Crippen molar-refractivity contribution in [1.82, 2.24) is 5.32 Å². The van der Waals surface area contributed by atoms with E-state index in [4.69, 9.17) is 9.47 Å². The van der Waals surface area contributed by atoms with Crippen LogP contribution in [-0.2, 0) is 19.0 Å². The zero-order valence-corrected chi connectivity index (χ0v) is 13.1. The van der Waals surface area contributed by atoms with Gasteiger partial charge in [-0.05, 0) is 20.8 Å². The molecule has 0 aliphatic rings. The molecule has 0 aliphatic heterocycles. The highest BCUT2D eigenvalue weighted by Gasteiger charge is 2.25. The third-order valence-corrected chi connectivity index (χ3v) is 2.24. The summed E-state index contributed by atoms with van der Waals surface area (Å²) in [4.78, 5) is 23.3. The Hall–Kier alpha value is -1.27. The molecule has 0 bridgehead atoms. The van der Waals surface area contributed by atoms with Gasteiger partial charge in [-0.1, -0.05) is 14.5 Å². The molecule has 0 saturated heterocycles. The SMILES string of the molecule is C=PCOC(=O)C(CCOC(F)F)NC(=O)OC(C)(C)C. The van der Waals surface area contributed by atoms with Crippen LogP contribution in [0.25, 0.3) is 0 Å². The van der Waals surface area contributed by atoms with E-state index in [9.17, 15) is 18.4 Å². The predicted octanol–water partition coefficient (Wildman–Crippen LogP) is 2.39. The average Bonchev–Trinajstić information content (AvgIpc) is 2.32. The van der Waals surface area contributed by atoms with E-state index in [1.807, 2.05) is 0 Å². The minimum Gasteiger partial charge on any atom is -0.455 e. The lowest BCUT2D eigenvalue weighted by molar-refractivity contribution is -0.148. The van der Waals surface area contributed by atoms with Crippen molar-refractivity contribution in [3.05, 3.63) is 0 Å². The first-order valence-electron chi connectivity index (χ1n) is 6.14. The Morgan fingerprint density at radius 3 is 2.43 bits per heavy atom. The van der Waals surface area contributed by atoms with Gasteiger partial charge >= 0.3 is 18.7 Å².